The molecule has 0 amide bonds. The average Bonchev–Trinajstić information content (AvgIpc) is 2.94. The number of rotatable bonds is 8. The quantitative estimate of drug-likeness (QED) is 0.729. The van der Waals surface area contributed by atoms with E-state index in [0.717, 1.165) is 19.1 Å². The molecule has 1 N–H and O–H groups in total. The summed E-state index contributed by atoms with van der Waals surface area (Å²) < 4.78 is 5.14. The van der Waals surface area contributed by atoms with Crippen molar-refractivity contribution in [1.29, 1.82) is 0 Å². The van der Waals surface area contributed by atoms with E-state index in [9.17, 15) is 0 Å². The molecule has 0 radical (unpaired) electrons. The van der Waals surface area contributed by atoms with Gasteiger partial charge >= 0.3 is 0 Å². The molecule has 1 unspecified atom stereocenters. The summed E-state index contributed by atoms with van der Waals surface area (Å²) in [7, 11) is 1.77. The minimum absolute atomic E-state index is 0.465. The van der Waals surface area contributed by atoms with Gasteiger partial charge in [-0.3, -0.25) is 0 Å². The lowest BCUT2D eigenvalue weighted by Gasteiger charge is -2.34. The SMILES string of the molecule is COCC(C)NCCN1CCC(CN2CCCC2)CC1. The summed E-state index contributed by atoms with van der Waals surface area (Å²) in [5.41, 5.74) is 0. The second kappa shape index (κ2) is 8.98. The second-order valence-electron chi connectivity index (χ2n) is 6.60. The van der Waals surface area contributed by atoms with Gasteiger partial charge in [0.2, 0.25) is 0 Å². The third-order valence-electron chi connectivity index (χ3n) is 4.76. The normalized spacial score (nSPS) is 24.3. The summed E-state index contributed by atoms with van der Waals surface area (Å²) in [6.07, 6.45) is 5.63. The molecule has 2 aliphatic rings. The number of nitrogens with zero attached hydrogens (tertiary/aromatic N) is 2. The molecular weight excluding hydrogens is 250 g/mol. The Kier molecular flexibility index (Phi) is 7.28. The molecule has 2 fully saturated rings. The van der Waals surface area contributed by atoms with Crippen LogP contribution in [0.15, 0.2) is 0 Å². The fraction of sp³-hybridized carbons (Fsp3) is 1.00. The molecule has 0 aliphatic carbocycles. The lowest BCUT2D eigenvalue weighted by atomic mass is 9.96. The third-order valence-corrected chi connectivity index (χ3v) is 4.76. The monoisotopic (exact) mass is 283 g/mol. The summed E-state index contributed by atoms with van der Waals surface area (Å²) in [4.78, 5) is 5.29. The summed E-state index contributed by atoms with van der Waals surface area (Å²) in [6.45, 7) is 11.9. The third kappa shape index (κ3) is 5.68. The topological polar surface area (TPSA) is 27.7 Å². The molecule has 0 spiro atoms. The van der Waals surface area contributed by atoms with Crippen molar-refractivity contribution < 1.29 is 4.74 Å². The maximum atomic E-state index is 5.14. The number of likely N-dealkylation sites (tertiary alicyclic amines) is 2. The van der Waals surface area contributed by atoms with Gasteiger partial charge in [-0.2, -0.15) is 0 Å². The number of hydrogen-bond donors (Lipinski definition) is 1. The maximum Gasteiger partial charge on any atom is 0.0613 e. The first-order valence-corrected chi connectivity index (χ1v) is 8.45. The molecule has 2 rings (SSSR count). The Morgan fingerprint density at radius 2 is 1.80 bits per heavy atom. The van der Waals surface area contributed by atoms with Crippen LogP contribution in [-0.4, -0.2) is 75.4 Å². The van der Waals surface area contributed by atoms with Crippen LogP contribution in [-0.2, 0) is 4.74 Å². The summed E-state index contributed by atoms with van der Waals surface area (Å²) in [6, 6.07) is 0.465. The van der Waals surface area contributed by atoms with Gasteiger partial charge in [-0.1, -0.05) is 0 Å². The predicted molar refractivity (Wildman–Crippen MR) is 84.2 cm³/mol. The van der Waals surface area contributed by atoms with Crippen molar-refractivity contribution in [3.8, 4) is 0 Å². The molecule has 0 saturated carbocycles. The van der Waals surface area contributed by atoms with Crippen LogP contribution in [0.3, 0.4) is 0 Å². The highest BCUT2D eigenvalue weighted by molar-refractivity contribution is 4.77. The highest BCUT2D eigenvalue weighted by atomic mass is 16.5. The molecule has 118 valence electrons. The number of ether oxygens (including phenoxy) is 1. The number of hydrogen-bond acceptors (Lipinski definition) is 4. The molecule has 2 heterocycles. The molecule has 2 aliphatic heterocycles. The van der Waals surface area contributed by atoms with Crippen LogP contribution in [0.4, 0.5) is 0 Å². The van der Waals surface area contributed by atoms with E-state index in [2.05, 4.69) is 22.0 Å². The molecule has 0 aromatic rings. The first kappa shape index (κ1) is 16.2. The van der Waals surface area contributed by atoms with Gasteiger partial charge in [-0.05, 0) is 64.7 Å². The maximum absolute atomic E-state index is 5.14. The fourth-order valence-electron chi connectivity index (χ4n) is 3.50. The van der Waals surface area contributed by atoms with E-state index in [1.54, 1.807) is 7.11 Å². The van der Waals surface area contributed by atoms with Gasteiger partial charge in [0.05, 0.1) is 6.61 Å². The van der Waals surface area contributed by atoms with Crippen molar-refractivity contribution in [3.05, 3.63) is 0 Å². The van der Waals surface area contributed by atoms with E-state index in [-0.39, 0.29) is 0 Å². The Morgan fingerprint density at radius 3 is 2.45 bits per heavy atom. The van der Waals surface area contributed by atoms with Crippen LogP contribution in [0, 0.1) is 5.92 Å². The minimum Gasteiger partial charge on any atom is -0.383 e. The lowest BCUT2D eigenvalue weighted by Crippen LogP contribution is -2.42. The van der Waals surface area contributed by atoms with Crippen molar-refractivity contribution >= 4 is 0 Å². The summed E-state index contributed by atoms with van der Waals surface area (Å²) in [5.74, 6) is 0.949. The number of methoxy groups -OCH3 is 1. The van der Waals surface area contributed by atoms with Crippen LogP contribution in [0.2, 0.25) is 0 Å². The second-order valence-corrected chi connectivity index (χ2v) is 6.60. The fourth-order valence-corrected chi connectivity index (χ4v) is 3.50. The van der Waals surface area contributed by atoms with E-state index < -0.39 is 0 Å². The molecule has 4 heteroatoms. The molecule has 2 saturated heterocycles. The van der Waals surface area contributed by atoms with Crippen LogP contribution in [0.25, 0.3) is 0 Å². The Hall–Kier alpha value is -0.160. The van der Waals surface area contributed by atoms with Crippen molar-refractivity contribution in [2.24, 2.45) is 5.92 Å². The summed E-state index contributed by atoms with van der Waals surface area (Å²) in [5, 5.41) is 3.53. The number of piperidine rings is 1. The first-order chi connectivity index (χ1) is 9.78. The highest BCUT2D eigenvalue weighted by Gasteiger charge is 2.22. The zero-order valence-electron chi connectivity index (χ0n) is 13.4. The van der Waals surface area contributed by atoms with Gasteiger partial charge < -0.3 is 19.9 Å². The minimum atomic E-state index is 0.465. The van der Waals surface area contributed by atoms with Crippen molar-refractivity contribution in [1.82, 2.24) is 15.1 Å². The van der Waals surface area contributed by atoms with Crippen molar-refractivity contribution in [2.75, 3.05) is 59.5 Å². The van der Waals surface area contributed by atoms with Gasteiger partial charge in [0, 0.05) is 32.8 Å². The van der Waals surface area contributed by atoms with E-state index in [1.165, 1.54) is 65.0 Å². The van der Waals surface area contributed by atoms with Crippen LogP contribution in [0.1, 0.15) is 32.6 Å². The standard InChI is InChI=1S/C16H33N3O/c1-15(14-20-2)17-7-12-18-10-5-16(6-11-18)13-19-8-3-4-9-19/h15-17H,3-14H2,1-2H3. The molecule has 0 bridgehead atoms. The molecule has 1 atom stereocenters. The Balaban J connectivity index is 1.52. The van der Waals surface area contributed by atoms with Gasteiger partial charge in [-0.25, -0.2) is 0 Å². The van der Waals surface area contributed by atoms with Gasteiger partial charge in [0.25, 0.3) is 0 Å². The smallest absolute Gasteiger partial charge is 0.0613 e. The van der Waals surface area contributed by atoms with Crippen LogP contribution in [0.5, 0.6) is 0 Å². The predicted octanol–water partition coefficient (Wildman–Crippen LogP) is 1.42. The zero-order chi connectivity index (χ0) is 14.2. The van der Waals surface area contributed by atoms with Crippen molar-refractivity contribution in [3.63, 3.8) is 0 Å². The molecular formula is C16H33N3O. The molecule has 4 nitrogen and oxygen atoms in total. The first-order valence-electron chi connectivity index (χ1n) is 8.45. The Bertz CT molecular complexity index is 248. The Labute approximate surface area is 124 Å². The van der Waals surface area contributed by atoms with Gasteiger partial charge in [-0.15, -0.1) is 0 Å². The van der Waals surface area contributed by atoms with E-state index in [0.29, 0.717) is 6.04 Å². The van der Waals surface area contributed by atoms with Crippen LogP contribution < -0.4 is 5.32 Å². The van der Waals surface area contributed by atoms with Gasteiger partial charge in [0.1, 0.15) is 0 Å². The zero-order valence-corrected chi connectivity index (χ0v) is 13.4. The average molecular weight is 283 g/mol. The molecule has 0 aromatic carbocycles. The van der Waals surface area contributed by atoms with Crippen LogP contribution >= 0.6 is 0 Å². The Morgan fingerprint density at radius 1 is 1.10 bits per heavy atom. The summed E-state index contributed by atoms with van der Waals surface area (Å²) >= 11 is 0. The highest BCUT2D eigenvalue weighted by Crippen LogP contribution is 2.20. The van der Waals surface area contributed by atoms with E-state index in [1.807, 2.05) is 0 Å². The molecule has 20 heavy (non-hydrogen) atoms. The largest absolute Gasteiger partial charge is 0.383 e. The van der Waals surface area contributed by atoms with E-state index >= 15 is 0 Å². The van der Waals surface area contributed by atoms with Crippen molar-refractivity contribution in [2.45, 2.75) is 38.6 Å². The van der Waals surface area contributed by atoms with E-state index in [4.69, 9.17) is 4.74 Å². The lowest BCUT2D eigenvalue weighted by molar-refractivity contribution is 0.146. The molecule has 0 aromatic heterocycles. The number of nitrogens with one attached hydrogen (secondary N) is 1. The van der Waals surface area contributed by atoms with Gasteiger partial charge in [0.15, 0.2) is 0 Å².